The quantitative estimate of drug-likeness (QED) is 0.685. The van der Waals surface area contributed by atoms with E-state index in [4.69, 9.17) is 0 Å². The van der Waals surface area contributed by atoms with Crippen LogP contribution in [0.3, 0.4) is 0 Å². The molecule has 70 valence electrons. The zero-order chi connectivity index (χ0) is 9.97. The van der Waals surface area contributed by atoms with Gasteiger partial charge in [-0.15, -0.1) is 12.6 Å². The fraction of sp³-hybridized carbons (Fsp3) is 0. The topological polar surface area (TPSA) is 32.9 Å². The lowest BCUT2D eigenvalue weighted by molar-refractivity contribution is 1.13. The van der Waals surface area contributed by atoms with E-state index in [1.54, 1.807) is 6.20 Å². The molecule has 0 aliphatic rings. The lowest BCUT2D eigenvalue weighted by Gasteiger charge is -2.02. The van der Waals surface area contributed by atoms with E-state index in [2.05, 4.69) is 17.6 Å². The Hall–Kier alpha value is -1.48. The molecule has 1 N–H and O–H groups in total. The summed E-state index contributed by atoms with van der Waals surface area (Å²) in [5.74, 6) is 0. The largest absolute Gasteiger partial charge is 0.356 e. The number of H-pyrrole nitrogens is 1. The summed E-state index contributed by atoms with van der Waals surface area (Å²) >= 11 is 4.22. The molecule has 0 saturated carbocycles. The summed E-state index contributed by atoms with van der Waals surface area (Å²) in [7, 11) is 0. The van der Waals surface area contributed by atoms with Crippen molar-refractivity contribution in [2.75, 3.05) is 0 Å². The van der Waals surface area contributed by atoms with E-state index in [1.807, 2.05) is 30.3 Å². The van der Waals surface area contributed by atoms with Crippen LogP contribution in [0, 0.1) is 0 Å². The number of nitrogens with one attached hydrogen (secondary N) is 1. The van der Waals surface area contributed by atoms with E-state index in [-0.39, 0.29) is 5.43 Å². The average Bonchev–Trinajstić information content (AvgIpc) is 2.19. The summed E-state index contributed by atoms with van der Waals surface area (Å²) in [6.07, 6.45) is 1.59. The summed E-state index contributed by atoms with van der Waals surface area (Å²) in [6, 6.07) is 11.0. The van der Waals surface area contributed by atoms with Crippen molar-refractivity contribution in [3.63, 3.8) is 0 Å². The smallest absolute Gasteiger partial charge is 0.190 e. The summed E-state index contributed by atoms with van der Waals surface area (Å²) in [4.78, 5) is 14.5. The first-order valence-electron chi connectivity index (χ1n) is 4.25. The highest BCUT2D eigenvalue weighted by Crippen LogP contribution is 2.19. The van der Waals surface area contributed by atoms with Crippen LogP contribution in [-0.2, 0) is 0 Å². The van der Waals surface area contributed by atoms with Gasteiger partial charge in [0.05, 0.1) is 10.6 Å². The van der Waals surface area contributed by atoms with Gasteiger partial charge in [-0.3, -0.25) is 4.79 Å². The molecular weight excluding hydrogens is 194 g/mol. The maximum Gasteiger partial charge on any atom is 0.190 e. The van der Waals surface area contributed by atoms with Gasteiger partial charge >= 0.3 is 0 Å². The zero-order valence-electron chi connectivity index (χ0n) is 7.40. The lowest BCUT2D eigenvalue weighted by atomic mass is 10.1. The molecule has 1 heterocycles. The Balaban J connectivity index is 2.69. The molecule has 0 spiro atoms. The molecule has 2 rings (SSSR count). The number of benzene rings is 1. The van der Waals surface area contributed by atoms with Crippen molar-refractivity contribution in [2.45, 2.75) is 5.03 Å². The summed E-state index contributed by atoms with van der Waals surface area (Å²) in [6.45, 7) is 0. The van der Waals surface area contributed by atoms with E-state index in [0.29, 0.717) is 10.6 Å². The van der Waals surface area contributed by atoms with Crippen LogP contribution in [-0.4, -0.2) is 4.98 Å². The van der Waals surface area contributed by atoms with Gasteiger partial charge in [-0.05, 0) is 5.56 Å². The fourth-order valence-electron chi connectivity index (χ4n) is 1.35. The Morgan fingerprint density at radius 2 is 1.79 bits per heavy atom. The van der Waals surface area contributed by atoms with Crippen molar-refractivity contribution in [1.82, 2.24) is 4.98 Å². The summed E-state index contributed by atoms with van der Waals surface area (Å²) < 4.78 is 0. The number of aromatic amines is 1. The number of hydrogen-bond acceptors (Lipinski definition) is 2. The van der Waals surface area contributed by atoms with E-state index < -0.39 is 0 Å². The van der Waals surface area contributed by atoms with Crippen LogP contribution < -0.4 is 5.43 Å². The molecule has 0 amide bonds. The minimum atomic E-state index is -0.0139. The van der Waals surface area contributed by atoms with Gasteiger partial charge in [0, 0.05) is 12.3 Å². The normalized spacial score (nSPS) is 10.1. The zero-order valence-corrected chi connectivity index (χ0v) is 8.29. The van der Waals surface area contributed by atoms with Crippen molar-refractivity contribution >= 4 is 12.6 Å². The molecule has 0 unspecified atom stereocenters. The van der Waals surface area contributed by atoms with Crippen LogP contribution in [0.5, 0.6) is 0 Å². The molecule has 1 aromatic heterocycles. The maximum absolute atomic E-state index is 11.6. The van der Waals surface area contributed by atoms with Gasteiger partial charge in [-0.25, -0.2) is 0 Å². The van der Waals surface area contributed by atoms with Crippen LogP contribution in [0.2, 0.25) is 0 Å². The first-order valence-corrected chi connectivity index (χ1v) is 4.70. The third kappa shape index (κ3) is 1.59. The Bertz CT molecular complexity index is 490. The number of aromatic nitrogens is 1. The molecule has 3 heteroatoms. The molecule has 0 saturated heterocycles. The van der Waals surface area contributed by atoms with Crippen LogP contribution in [0.25, 0.3) is 11.1 Å². The predicted octanol–water partition coefficient (Wildman–Crippen LogP) is 2.33. The average molecular weight is 203 g/mol. The van der Waals surface area contributed by atoms with Crippen molar-refractivity contribution in [3.05, 3.63) is 52.8 Å². The summed E-state index contributed by atoms with van der Waals surface area (Å²) in [5.41, 5.74) is 1.50. The molecule has 0 fully saturated rings. The molecule has 2 nitrogen and oxygen atoms in total. The predicted molar refractivity (Wildman–Crippen MR) is 59.8 cm³/mol. The van der Waals surface area contributed by atoms with Crippen molar-refractivity contribution in [3.8, 4) is 11.1 Å². The van der Waals surface area contributed by atoms with E-state index >= 15 is 0 Å². The van der Waals surface area contributed by atoms with E-state index in [0.717, 1.165) is 5.56 Å². The van der Waals surface area contributed by atoms with Gasteiger partial charge in [0.25, 0.3) is 0 Å². The molecule has 0 aliphatic carbocycles. The molecular formula is C11H9NOS. The highest BCUT2D eigenvalue weighted by molar-refractivity contribution is 7.80. The Kier molecular flexibility index (Phi) is 2.41. The van der Waals surface area contributed by atoms with Crippen LogP contribution >= 0.6 is 12.6 Å². The van der Waals surface area contributed by atoms with Gasteiger partial charge in [0.1, 0.15) is 0 Å². The number of pyridine rings is 1. The molecule has 0 bridgehead atoms. The fourth-order valence-corrected chi connectivity index (χ4v) is 1.67. The summed E-state index contributed by atoms with van der Waals surface area (Å²) in [5, 5.41) is 0.601. The Morgan fingerprint density at radius 1 is 1.07 bits per heavy atom. The maximum atomic E-state index is 11.6. The standard InChI is InChI=1S/C11H9NOS/c13-9-6-7-12-11(14)10(9)8-4-2-1-3-5-8/h1-7H,(H2,12,13,14). The first-order chi connectivity index (χ1) is 6.79. The van der Waals surface area contributed by atoms with Gasteiger partial charge in [0.2, 0.25) is 0 Å². The molecule has 2 aromatic rings. The van der Waals surface area contributed by atoms with E-state index in [9.17, 15) is 4.79 Å². The van der Waals surface area contributed by atoms with Gasteiger partial charge < -0.3 is 4.98 Å². The monoisotopic (exact) mass is 203 g/mol. The SMILES string of the molecule is O=c1cc[nH]c(S)c1-c1ccccc1. The Morgan fingerprint density at radius 3 is 2.43 bits per heavy atom. The highest BCUT2D eigenvalue weighted by Gasteiger charge is 2.05. The molecule has 0 atom stereocenters. The first kappa shape index (κ1) is 9.09. The second-order valence-electron chi connectivity index (χ2n) is 2.93. The van der Waals surface area contributed by atoms with Crippen LogP contribution in [0.4, 0.5) is 0 Å². The third-order valence-electron chi connectivity index (χ3n) is 2.00. The second-order valence-corrected chi connectivity index (χ2v) is 3.38. The molecule has 1 aromatic carbocycles. The van der Waals surface area contributed by atoms with Crippen LogP contribution in [0.15, 0.2) is 52.4 Å². The number of thiol groups is 1. The third-order valence-corrected chi connectivity index (χ3v) is 2.35. The highest BCUT2D eigenvalue weighted by atomic mass is 32.1. The van der Waals surface area contributed by atoms with Gasteiger partial charge in [0.15, 0.2) is 5.43 Å². The minimum Gasteiger partial charge on any atom is -0.356 e. The van der Waals surface area contributed by atoms with Gasteiger partial charge in [-0.1, -0.05) is 30.3 Å². The number of hydrogen-bond donors (Lipinski definition) is 2. The van der Waals surface area contributed by atoms with Crippen molar-refractivity contribution in [1.29, 1.82) is 0 Å². The lowest BCUT2D eigenvalue weighted by Crippen LogP contribution is -2.04. The Labute approximate surface area is 87.0 Å². The second kappa shape index (κ2) is 3.72. The number of rotatable bonds is 1. The minimum absolute atomic E-state index is 0.0139. The van der Waals surface area contributed by atoms with Crippen molar-refractivity contribution in [2.24, 2.45) is 0 Å². The van der Waals surface area contributed by atoms with Crippen LogP contribution in [0.1, 0.15) is 0 Å². The van der Waals surface area contributed by atoms with Gasteiger partial charge in [-0.2, -0.15) is 0 Å². The van der Waals surface area contributed by atoms with Crippen molar-refractivity contribution < 1.29 is 0 Å². The van der Waals surface area contributed by atoms with E-state index in [1.165, 1.54) is 6.07 Å². The molecule has 14 heavy (non-hydrogen) atoms. The molecule has 0 aliphatic heterocycles. The molecule has 0 radical (unpaired) electrons.